The zero-order valence-electron chi connectivity index (χ0n) is 15.0. The third-order valence-corrected chi connectivity index (χ3v) is 4.51. The average molecular weight is 320 g/mol. The Kier molecular flexibility index (Phi) is 6.72. The first-order valence-electron chi connectivity index (χ1n) is 8.92. The Morgan fingerprint density at radius 3 is 2.26 bits per heavy atom. The lowest BCUT2D eigenvalue weighted by Gasteiger charge is -2.40. The van der Waals surface area contributed by atoms with Crippen LogP contribution in [0, 0.1) is 11.8 Å². The van der Waals surface area contributed by atoms with Crippen molar-refractivity contribution in [3.8, 4) is 11.5 Å². The van der Waals surface area contributed by atoms with Gasteiger partial charge in [0.1, 0.15) is 0 Å². The summed E-state index contributed by atoms with van der Waals surface area (Å²) in [7, 11) is 0. The van der Waals surface area contributed by atoms with Crippen LogP contribution in [0.3, 0.4) is 0 Å². The van der Waals surface area contributed by atoms with Gasteiger partial charge in [0.05, 0.1) is 13.2 Å². The number of piperidine rings is 1. The number of nitrogens with two attached hydrogens (primary N) is 1. The van der Waals surface area contributed by atoms with E-state index in [2.05, 4.69) is 30.9 Å². The monoisotopic (exact) mass is 320 g/mol. The number of nitrogens with zero attached hydrogens (tertiary/aromatic N) is 1. The summed E-state index contributed by atoms with van der Waals surface area (Å²) < 4.78 is 11.4. The maximum atomic E-state index is 6.13. The molecule has 4 nitrogen and oxygen atoms in total. The van der Waals surface area contributed by atoms with Crippen molar-refractivity contribution >= 4 is 0 Å². The molecule has 3 unspecified atom stereocenters. The highest BCUT2D eigenvalue weighted by Gasteiger charge is 2.28. The molecular weight excluding hydrogens is 288 g/mol. The largest absolute Gasteiger partial charge is 0.490 e. The summed E-state index contributed by atoms with van der Waals surface area (Å²) in [6.45, 7) is 12.8. The molecule has 2 N–H and O–H groups in total. The Bertz CT molecular complexity index is 482. The topological polar surface area (TPSA) is 47.7 Å². The molecule has 23 heavy (non-hydrogen) atoms. The van der Waals surface area contributed by atoms with E-state index in [1.54, 1.807) is 0 Å². The van der Waals surface area contributed by atoms with Gasteiger partial charge >= 0.3 is 0 Å². The van der Waals surface area contributed by atoms with Crippen LogP contribution in [-0.4, -0.2) is 37.7 Å². The Labute approximate surface area is 140 Å². The quantitative estimate of drug-likeness (QED) is 0.836. The van der Waals surface area contributed by atoms with Gasteiger partial charge < -0.3 is 15.2 Å². The van der Waals surface area contributed by atoms with Crippen molar-refractivity contribution in [2.24, 2.45) is 17.6 Å². The Balaban J connectivity index is 2.24. The molecule has 0 spiro atoms. The highest BCUT2D eigenvalue weighted by atomic mass is 16.5. The highest BCUT2D eigenvalue weighted by molar-refractivity contribution is 5.44. The lowest BCUT2D eigenvalue weighted by atomic mass is 9.89. The molecule has 130 valence electrons. The lowest BCUT2D eigenvalue weighted by Crippen LogP contribution is -2.43. The van der Waals surface area contributed by atoms with Gasteiger partial charge in [-0.2, -0.15) is 0 Å². The number of hydrogen-bond donors (Lipinski definition) is 1. The minimum absolute atomic E-state index is 0.245. The minimum Gasteiger partial charge on any atom is -0.490 e. The van der Waals surface area contributed by atoms with Crippen LogP contribution in [0.1, 0.15) is 45.7 Å². The van der Waals surface area contributed by atoms with Crippen molar-refractivity contribution in [1.82, 2.24) is 4.90 Å². The van der Waals surface area contributed by atoms with Gasteiger partial charge in [0.25, 0.3) is 0 Å². The summed E-state index contributed by atoms with van der Waals surface area (Å²) >= 11 is 0. The SMILES string of the molecule is CCOc1ccc(C(CN)N2CC(C)CC(C)C2)cc1OCC. The molecule has 4 heteroatoms. The molecule has 1 saturated heterocycles. The van der Waals surface area contributed by atoms with E-state index in [0.717, 1.165) is 36.4 Å². The van der Waals surface area contributed by atoms with Gasteiger partial charge in [-0.1, -0.05) is 19.9 Å². The minimum atomic E-state index is 0.245. The molecule has 0 saturated carbocycles. The highest BCUT2D eigenvalue weighted by Crippen LogP contribution is 2.34. The fourth-order valence-corrected chi connectivity index (χ4v) is 3.74. The van der Waals surface area contributed by atoms with Crippen LogP contribution in [0.2, 0.25) is 0 Å². The van der Waals surface area contributed by atoms with Gasteiger partial charge in [0.2, 0.25) is 0 Å². The molecule has 0 aromatic heterocycles. The van der Waals surface area contributed by atoms with E-state index in [9.17, 15) is 0 Å². The summed E-state index contributed by atoms with van der Waals surface area (Å²) in [4.78, 5) is 2.53. The van der Waals surface area contributed by atoms with E-state index >= 15 is 0 Å². The van der Waals surface area contributed by atoms with Gasteiger partial charge in [-0.05, 0) is 49.8 Å². The summed E-state index contributed by atoms with van der Waals surface area (Å²) in [6, 6.07) is 6.50. The van der Waals surface area contributed by atoms with E-state index in [4.69, 9.17) is 15.2 Å². The van der Waals surface area contributed by atoms with E-state index in [-0.39, 0.29) is 6.04 Å². The maximum absolute atomic E-state index is 6.13. The van der Waals surface area contributed by atoms with Gasteiger partial charge in [-0.15, -0.1) is 0 Å². The summed E-state index contributed by atoms with van der Waals surface area (Å²) in [5.74, 6) is 3.08. The standard InChI is InChI=1S/C19H32N2O2/c1-5-22-18-8-7-16(10-19(18)23-6-2)17(11-20)21-12-14(3)9-15(4)13-21/h7-8,10,14-15,17H,5-6,9,11-13,20H2,1-4H3. The molecular formula is C19H32N2O2. The lowest BCUT2D eigenvalue weighted by molar-refractivity contribution is 0.0982. The van der Waals surface area contributed by atoms with Gasteiger partial charge in [0.15, 0.2) is 11.5 Å². The second kappa shape index (κ2) is 8.55. The Morgan fingerprint density at radius 1 is 1.09 bits per heavy atom. The van der Waals surface area contributed by atoms with Gasteiger partial charge in [-0.25, -0.2) is 0 Å². The third kappa shape index (κ3) is 4.61. The Morgan fingerprint density at radius 2 is 1.70 bits per heavy atom. The van der Waals surface area contributed by atoms with E-state index in [0.29, 0.717) is 19.8 Å². The zero-order chi connectivity index (χ0) is 16.8. The van der Waals surface area contributed by atoms with E-state index in [1.807, 2.05) is 19.9 Å². The number of benzene rings is 1. The van der Waals surface area contributed by atoms with Crippen LogP contribution in [0.5, 0.6) is 11.5 Å². The summed E-state index contributed by atoms with van der Waals surface area (Å²) in [5, 5.41) is 0. The molecule has 1 aliphatic heterocycles. The summed E-state index contributed by atoms with van der Waals surface area (Å²) in [5.41, 5.74) is 7.36. The second-order valence-corrected chi connectivity index (χ2v) is 6.72. The van der Waals surface area contributed by atoms with Crippen LogP contribution in [0.15, 0.2) is 18.2 Å². The van der Waals surface area contributed by atoms with Crippen molar-refractivity contribution in [1.29, 1.82) is 0 Å². The molecule has 1 aromatic rings. The van der Waals surface area contributed by atoms with Crippen molar-refractivity contribution < 1.29 is 9.47 Å². The van der Waals surface area contributed by atoms with Crippen molar-refractivity contribution in [3.05, 3.63) is 23.8 Å². The molecule has 2 rings (SSSR count). The zero-order valence-corrected chi connectivity index (χ0v) is 15.0. The molecule has 0 amide bonds. The first-order valence-corrected chi connectivity index (χ1v) is 8.92. The fraction of sp³-hybridized carbons (Fsp3) is 0.684. The first-order chi connectivity index (χ1) is 11.1. The number of likely N-dealkylation sites (tertiary alicyclic amines) is 1. The molecule has 3 atom stereocenters. The number of rotatable bonds is 7. The van der Waals surface area contributed by atoms with Crippen LogP contribution in [0.25, 0.3) is 0 Å². The van der Waals surface area contributed by atoms with Crippen LogP contribution >= 0.6 is 0 Å². The van der Waals surface area contributed by atoms with Gasteiger partial charge in [0, 0.05) is 25.7 Å². The predicted octanol–water partition coefficient (Wildman–Crippen LogP) is 3.46. The van der Waals surface area contributed by atoms with E-state index in [1.165, 1.54) is 12.0 Å². The van der Waals surface area contributed by atoms with Crippen LogP contribution in [0.4, 0.5) is 0 Å². The first kappa shape index (κ1) is 18.1. The van der Waals surface area contributed by atoms with Crippen LogP contribution in [-0.2, 0) is 0 Å². The normalized spacial score (nSPS) is 23.5. The van der Waals surface area contributed by atoms with E-state index < -0.39 is 0 Å². The van der Waals surface area contributed by atoms with Crippen molar-refractivity contribution in [3.63, 3.8) is 0 Å². The smallest absolute Gasteiger partial charge is 0.161 e. The third-order valence-electron chi connectivity index (χ3n) is 4.51. The fourth-order valence-electron chi connectivity index (χ4n) is 3.74. The molecule has 0 bridgehead atoms. The average Bonchev–Trinajstić information content (AvgIpc) is 2.50. The van der Waals surface area contributed by atoms with Gasteiger partial charge in [-0.3, -0.25) is 4.90 Å². The van der Waals surface area contributed by atoms with Crippen LogP contribution < -0.4 is 15.2 Å². The Hall–Kier alpha value is -1.26. The molecule has 1 heterocycles. The maximum Gasteiger partial charge on any atom is 0.161 e. The summed E-state index contributed by atoms with van der Waals surface area (Å²) in [6.07, 6.45) is 1.31. The molecule has 0 aliphatic carbocycles. The molecule has 1 fully saturated rings. The predicted molar refractivity (Wildman–Crippen MR) is 95.1 cm³/mol. The second-order valence-electron chi connectivity index (χ2n) is 6.72. The molecule has 1 aromatic carbocycles. The molecule has 0 radical (unpaired) electrons. The number of hydrogen-bond acceptors (Lipinski definition) is 4. The molecule has 1 aliphatic rings. The van der Waals surface area contributed by atoms with Crippen molar-refractivity contribution in [2.75, 3.05) is 32.8 Å². The van der Waals surface area contributed by atoms with Crippen molar-refractivity contribution in [2.45, 2.75) is 40.2 Å². The number of ether oxygens (including phenoxy) is 2.